The van der Waals surface area contributed by atoms with Crippen molar-refractivity contribution in [1.29, 1.82) is 0 Å². The van der Waals surface area contributed by atoms with Gasteiger partial charge in [-0.3, -0.25) is 4.79 Å². The molecule has 0 fully saturated rings. The van der Waals surface area contributed by atoms with Gasteiger partial charge >= 0.3 is 5.97 Å². The number of hydrogen-bond donors (Lipinski definition) is 2. The molecule has 8 nitrogen and oxygen atoms in total. The first-order valence-electron chi connectivity index (χ1n) is 7.86. The lowest BCUT2D eigenvalue weighted by Crippen LogP contribution is -2.30. The predicted octanol–water partition coefficient (Wildman–Crippen LogP) is 1.44. The smallest absolute Gasteiger partial charge is 0.338 e. The number of esters is 1. The van der Waals surface area contributed by atoms with E-state index in [1.807, 2.05) is 0 Å². The second kappa shape index (κ2) is 8.63. The van der Waals surface area contributed by atoms with Crippen LogP contribution >= 0.6 is 0 Å². The Balaban J connectivity index is 1.86. The van der Waals surface area contributed by atoms with Crippen LogP contribution in [0.25, 0.3) is 0 Å². The normalized spacial score (nSPS) is 11.3. The van der Waals surface area contributed by atoms with Gasteiger partial charge in [-0.2, -0.15) is 0 Å². The lowest BCUT2D eigenvalue weighted by molar-refractivity contribution is -0.124. The van der Waals surface area contributed by atoms with Gasteiger partial charge in [-0.05, 0) is 50.2 Å². The molecule has 0 aliphatic rings. The fourth-order valence-corrected chi connectivity index (χ4v) is 3.26. The Morgan fingerprint density at radius 1 is 1.15 bits per heavy atom. The fourth-order valence-electron chi connectivity index (χ4n) is 2.01. The molecule has 0 spiro atoms. The van der Waals surface area contributed by atoms with Crippen LogP contribution in [-0.4, -0.2) is 32.9 Å². The van der Waals surface area contributed by atoms with Crippen LogP contribution in [0.1, 0.15) is 30.0 Å². The zero-order chi connectivity index (χ0) is 19.2. The molecule has 26 heavy (non-hydrogen) atoms. The molecule has 1 aromatic carbocycles. The van der Waals surface area contributed by atoms with E-state index in [1.54, 1.807) is 26.0 Å². The molecule has 2 N–H and O–H groups in total. The highest BCUT2D eigenvalue weighted by molar-refractivity contribution is 7.89. The number of carbonyl (C=O) groups excluding carboxylic acids is 2. The van der Waals surface area contributed by atoms with E-state index in [-0.39, 0.29) is 23.0 Å². The minimum absolute atomic E-state index is 0.0407. The zero-order valence-electron chi connectivity index (χ0n) is 14.4. The number of hydrogen-bond acceptors (Lipinski definition) is 6. The van der Waals surface area contributed by atoms with Crippen molar-refractivity contribution in [3.63, 3.8) is 0 Å². The molecule has 1 aromatic heterocycles. The van der Waals surface area contributed by atoms with E-state index in [4.69, 9.17) is 9.15 Å². The first kappa shape index (κ1) is 19.7. The molecule has 0 aliphatic heterocycles. The van der Waals surface area contributed by atoms with Crippen LogP contribution in [0.15, 0.2) is 52.0 Å². The molecule has 140 valence electrons. The predicted molar refractivity (Wildman–Crippen MR) is 92.7 cm³/mol. The SMILES string of the molecule is CC(C)NS(=O)(=O)c1ccc(C(=O)OCC(=O)NCc2ccco2)cc1. The van der Waals surface area contributed by atoms with Crippen LogP contribution in [-0.2, 0) is 26.1 Å². The number of amides is 1. The maximum Gasteiger partial charge on any atom is 0.338 e. The maximum atomic E-state index is 12.0. The van der Waals surface area contributed by atoms with Gasteiger partial charge in [0.15, 0.2) is 6.61 Å². The maximum absolute atomic E-state index is 12.0. The highest BCUT2D eigenvalue weighted by atomic mass is 32.2. The monoisotopic (exact) mass is 380 g/mol. The molecule has 0 unspecified atom stereocenters. The molecule has 2 aromatic rings. The van der Waals surface area contributed by atoms with E-state index in [0.717, 1.165) is 0 Å². The van der Waals surface area contributed by atoms with E-state index in [0.29, 0.717) is 5.76 Å². The molecule has 0 bridgehead atoms. The van der Waals surface area contributed by atoms with Crippen LogP contribution in [0.2, 0.25) is 0 Å². The van der Waals surface area contributed by atoms with Crippen molar-refractivity contribution in [2.45, 2.75) is 31.3 Å². The summed E-state index contributed by atoms with van der Waals surface area (Å²) >= 11 is 0. The van der Waals surface area contributed by atoms with Gasteiger partial charge in [0.1, 0.15) is 5.76 Å². The minimum atomic E-state index is -3.63. The van der Waals surface area contributed by atoms with Crippen LogP contribution in [0.5, 0.6) is 0 Å². The number of furan rings is 1. The lowest BCUT2D eigenvalue weighted by atomic mass is 10.2. The van der Waals surface area contributed by atoms with Gasteiger partial charge in [0, 0.05) is 6.04 Å². The third kappa shape index (κ3) is 5.71. The number of nitrogens with one attached hydrogen (secondary N) is 2. The topological polar surface area (TPSA) is 115 Å². The number of benzene rings is 1. The van der Waals surface area contributed by atoms with Crippen molar-refractivity contribution >= 4 is 21.9 Å². The number of carbonyl (C=O) groups is 2. The largest absolute Gasteiger partial charge is 0.467 e. The van der Waals surface area contributed by atoms with Gasteiger partial charge in [-0.1, -0.05) is 0 Å². The van der Waals surface area contributed by atoms with Crippen molar-refractivity contribution in [1.82, 2.24) is 10.0 Å². The van der Waals surface area contributed by atoms with E-state index in [1.165, 1.54) is 30.5 Å². The Hall–Kier alpha value is -2.65. The van der Waals surface area contributed by atoms with Gasteiger partial charge < -0.3 is 14.5 Å². The molecule has 0 atom stereocenters. The number of rotatable bonds is 8. The summed E-state index contributed by atoms with van der Waals surface area (Å²) in [6.45, 7) is 3.16. The molecule has 1 heterocycles. The summed E-state index contributed by atoms with van der Waals surface area (Å²) < 4.78 is 36.5. The van der Waals surface area contributed by atoms with E-state index in [9.17, 15) is 18.0 Å². The molecular weight excluding hydrogens is 360 g/mol. The molecule has 0 aliphatic carbocycles. The summed E-state index contributed by atoms with van der Waals surface area (Å²) in [4.78, 5) is 23.6. The molecule has 9 heteroatoms. The molecular formula is C17H20N2O6S. The first-order valence-corrected chi connectivity index (χ1v) is 9.35. The Labute approximate surface area is 151 Å². The third-order valence-electron chi connectivity index (χ3n) is 3.17. The quantitative estimate of drug-likeness (QED) is 0.670. The van der Waals surface area contributed by atoms with Crippen molar-refractivity contribution in [2.75, 3.05) is 6.61 Å². The minimum Gasteiger partial charge on any atom is -0.467 e. The molecule has 1 amide bonds. The second-order valence-electron chi connectivity index (χ2n) is 5.73. The van der Waals surface area contributed by atoms with Crippen LogP contribution in [0.4, 0.5) is 0 Å². The first-order chi connectivity index (χ1) is 12.3. The van der Waals surface area contributed by atoms with Gasteiger partial charge in [0.25, 0.3) is 5.91 Å². The molecule has 0 radical (unpaired) electrons. The fraction of sp³-hybridized carbons (Fsp3) is 0.294. The Kier molecular flexibility index (Phi) is 6.53. The summed E-state index contributed by atoms with van der Waals surface area (Å²) in [6.07, 6.45) is 1.49. The molecule has 0 saturated heterocycles. The highest BCUT2D eigenvalue weighted by Gasteiger charge is 2.17. The zero-order valence-corrected chi connectivity index (χ0v) is 15.2. The van der Waals surface area contributed by atoms with Gasteiger partial charge in [-0.15, -0.1) is 0 Å². The summed E-state index contributed by atoms with van der Waals surface area (Å²) in [6, 6.07) is 8.43. The summed E-state index contributed by atoms with van der Waals surface area (Å²) in [5, 5.41) is 2.54. The number of ether oxygens (including phenoxy) is 1. The van der Waals surface area contributed by atoms with Crippen molar-refractivity contribution in [2.24, 2.45) is 0 Å². The van der Waals surface area contributed by atoms with Crippen LogP contribution < -0.4 is 10.0 Å². The second-order valence-corrected chi connectivity index (χ2v) is 7.45. The van der Waals surface area contributed by atoms with Crippen molar-refractivity contribution < 1.29 is 27.2 Å². The third-order valence-corrected chi connectivity index (χ3v) is 4.84. The Bertz CT molecular complexity index is 842. The standard InChI is InChI=1S/C17H20N2O6S/c1-12(2)19-26(22,23)15-7-5-13(6-8-15)17(21)25-11-16(20)18-10-14-4-3-9-24-14/h3-9,12,19H,10-11H2,1-2H3,(H,18,20). The van der Waals surface area contributed by atoms with Crippen molar-refractivity contribution in [3.8, 4) is 0 Å². The van der Waals surface area contributed by atoms with Crippen LogP contribution in [0.3, 0.4) is 0 Å². The van der Waals surface area contributed by atoms with E-state index < -0.39 is 28.5 Å². The summed E-state index contributed by atoms with van der Waals surface area (Å²) in [5.74, 6) is -0.620. The average molecular weight is 380 g/mol. The van der Waals surface area contributed by atoms with Crippen molar-refractivity contribution in [3.05, 3.63) is 54.0 Å². The Morgan fingerprint density at radius 3 is 2.42 bits per heavy atom. The lowest BCUT2D eigenvalue weighted by Gasteiger charge is -2.10. The average Bonchev–Trinajstić information content (AvgIpc) is 3.10. The highest BCUT2D eigenvalue weighted by Crippen LogP contribution is 2.12. The summed E-state index contributed by atoms with van der Waals surface area (Å²) in [5.41, 5.74) is 0.146. The summed E-state index contributed by atoms with van der Waals surface area (Å²) in [7, 11) is -3.63. The number of sulfonamides is 1. The molecule has 2 rings (SSSR count). The van der Waals surface area contributed by atoms with Gasteiger partial charge in [0.05, 0.1) is 23.3 Å². The Morgan fingerprint density at radius 2 is 1.85 bits per heavy atom. The van der Waals surface area contributed by atoms with E-state index >= 15 is 0 Å². The van der Waals surface area contributed by atoms with Crippen LogP contribution in [0, 0.1) is 0 Å². The van der Waals surface area contributed by atoms with Gasteiger partial charge in [-0.25, -0.2) is 17.9 Å². The van der Waals surface area contributed by atoms with E-state index in [2.05, 4.69) is 10.0 Å². The van der Waals surface area contributed by atoms with Gasteiger partial charge in [0.2, 0.25) is 10.0 Å². The molecule has 0 saturated carbocycles.